The average molecular weight is 328 g/mol. The lowest BCUT2D eigenvalue weighted by atomic mass is 9.82. The molecule has 1 fully saturated rings. The number of nitrogens with one attached hydrogen (secondary N) is 1. The molecule has 0 heterocycles. The van der Waals surface area contributed by atoms with Crippen LogP contribution in [-0.4, -0.2) is 24.4 Å². The third-order valence-electron chi connectivity index (χ3n) is 3.44. The second-order valence-electron chi connectivity index (χ2n) is 5.22. The van der Waals surface area contributed by atoms with Crippen LogP contribution in [0.15, 0.2) is 22.7 Å². The van der Waals surface area contributed by atoms with E-state index in [1.54, 1.807) is 0 Å². The van der Waals surface area contributed by atoms with E-state index in [4.69, 9.17) is 4.74 Å². The molecule has 0 radical (unpaired) electrons. The summed E-state index contributed by atoms with van der Waals surface area (Å²) < 4.78 is 6.83. The number of ether oxygens (including phenoxy) is 1. The van der Waals surface area contributed by atoms with Gasteiger partial charge in [-0.15, -0.1) is 0 Å². The Labute approximate surface area is 123 Å². The van der Waals surface area contributed by atoms with Crippen molar-refractivity contribution in [2.45, 2.75) is 38.8 Å². The van der Waals surface area contributed by atoms with Gasteiger partial charge in [-0.25, -0.2) is 0 Å². The van der Waals surface area contributed by atoms with Crippen molar-refractivity contribution in [2.24, 2.45) is 5.92 Å². The summed E-state index contributed by atoms with van der Waals surface area (Å²) in [6.45, 7) is 4.64. The molecule has 0 unspecified atom stereocenters. The quantitative estimate of drug-likeness (QED) is 0.808. The summed E-state index contributed by atoms with van der Waals surface area (Å²) in [5.41, 5.74) is 1.18. The fraction of sp³-hybridized carbons (Fsp3) is 0.600. The van der Waals surface area contributed by atoms with E-state index in [9.17, 15) is 5.11 Å². The lowest BCUT2D eigenvalue weighted by molar-refractivity contribution is 0.0429. The van der Waals surface area contributed by atoms with Gasteiger partial charge in [-0.05, 0) is 49.9 Å². The molecule has 4 heteroatoms. The summed E-state index contributed by atoms with van der Waals surface area (Å²) >= 11 is 3.50. The highest BCUT2D eigenvalue weighted by Crippen LogP contribution is 2.27. The van der Waals surface area contributed by atoms with E-state index in [1.165, 1.54) is 5.56 Å². The van der Waals surface area contributed by atoms with Gasteiger partial charge >= 0.3 is 0 Å². The van der Waals surface area contributed by atoms with Gasteiger partial charge in [0.2, 0.25) is 0 Å². The van der Waals surface area contributed by atoms with Crippen molar-refractivity contribution in [3.05, 3.63) is 28.2 Å². The number of hydrogen-bond donors (Lipinski definition) is 2. The third kappa shape index (κ3) is 4.48. The average Bonchev–Trinajstić information content (AvgIpc) is 2.35. The molecule has 3 nitrogen and oxygen atoms in total. The van der Waals surface area contributed by atoms with E-state index >= 15 is 0 Å². The van der Waals surface area contributed by atoms with E-state index in [0.717, 1.165) is 49.2 Å². The summed E-state index contributed by atoms with van der Waals surface area (Å²) in [5, 5.41) is 12.7. The number of benzene rings is 1. The van der Waals surface area contributed by atoms with Crippen molar-refractivity contribution in [1.82, 2.24) is 5.32 Å². The predicted molar refractivity (Wildman–Crippen MR) is 80.4 cm³/mol. The van der Waals surface area contributed by atoms with E-state index in [1.807, 2.05) is 12.1 Å². The summed E-state index contributed by atoms with van der Waals surface area (Å²) in [6, 6.07) is 6.13. The maximum atomic E-state index is 9.26. The van der Waals surface area contributed by atoms with Crippen molar-refractivity contribution in [3.63, 3.8) is 0 Å². The maximum absolute atomic E-state index is 9.26. The zero-order chi connectivity index (χ0) is 13.7. The molecule has 0 bridgehead atoms. The van der Waals surface area contributed by atoms with Crippen molar-refractivity contribution >= 4 is 15.9 Å². The first-order chi connectivity index (χ1) is 9.19. The molecule has 1 aliphatic rings. The summed E-state index contributed by atoms with van der Waals surface area (Å²) in [7, 11) is 0. The van der Waals surface area contributed by atoms with Gasteiger partial charge in [-0.3, -0.25) is 0 Å². The second-order valence-corrected chi connectivity index (χ2v) is 6.14. The Morgan fingerprint density at radius 3 is 2.89 bits per heavy atom. The molecule has 2 N–H and O–H groups in total. The first-order valence-electron chi connectivity index (χ1n) is 6.99. The van der Waals surface area contributed by atoms with E-state index in [2.05, 4.69) is 34.2 Å². The topological polar surface area (TPSA) is 41.5 Å². The molecule has 1 aromatic carbocycles. The minimum atomic E-state index is -0.0684. The zero-order valence-electron chi connectivity index (χ0n) is 11.4. The third-order valence-corrected chi connectivity index (χ3v) is 3.94. The minimum absolute atomic E-state index is 0.0684. The molecule has 0 atom stereocenters. The van der Waals surface area contributed by atoms with Crippen molar-refractivity contribution in [3.8, 4) is 5.75 Å². The monoisotopic (exact) mass is 327 g/mol. The molecule has 0 saturated heterocycles. The standard InChI is InChI=1S/C15H22BrNO2/c1-2-5-19-15-4-3-13(16)8-12(15)10-17-9-11-6-14(18)7-11/h3-4,8,11,14,17-18H,2,5-7,9-10H2,1H3. The molecule has 1 aliphatic carbocycles. The lowest BCUT2D eigenvalue weighted by Crippen LogP contribution is -2.35. The Balaban J connectivity index is 1.84. The number of aliphatic hydroxyl groups excluding tert-OH is 1. The van der Waals surface area contributed by atoms with Crippen LogP contribution in [0, 0.1) is 5.92 Å². The summed E-state index contributed by atoms with van der Waals surface area (Å²) in [5.74, 6) is 1.59. The largest absolute Gasteiger partial charge is 0.493 e. The van der Waals surface area contributed by atoms with Crippen LogP contribution in [0.5, 0.6) is 5.75 Å². The van der Waals surface area contributed by atoms with E-state index in [-0.39, 0.29) is 6.10 Å². The minimum Gasteiger partial charge on any atom is -0.493 e. The molecule has 19 heavy (non-hydrogen) atoms. The van der Waals surface area contributed by atoms with Crippen LogP contribution >= 0.6 is 15.9 Å². The van der Waals surface area contributed by atoms with Crippen LogP contribution in [-0.2, 0) is 6.54 Å². The van der Waals surface area contributed by atoms with Gasteiger partial charge in [-0.1, -0.05) is 22.9 Å². The van der Waals surface area contributed by atoms with Gasteiger partial charge in [0.05, 0.1) is 12.7 Å². The van der Waals surface area contributed by atoms with Crippen LogP contribution in [0.1, 0.15) is 31.7 Å². The summed E-state index contributed by atoms with van der Waals surface area (Å²) in [6.07, 6.45) is 2.82. The van der Waals surface area contributed by atoms with Gasteiger partial charge in [0.1, 0.15) is 5.75 Å². The van der Waals surface area contributed by atoms with Crippen LogP contribution in [0.2, 0.25) is 0 Å². The van der Waals surface area contributed by atoms with Gasteiger partial charge in [0, 0.05) is 16.6 Å². The first-order valence-corrected chi connectivity index (χ1v) is 7.78. The highest BCUT2D eigenvalue weighted by Gasteiger charge is 2.26. The molecule has 0 aliphatic heterocycles. The number of halogens is 1. The summed E-state index contributed by atoms with van der Waals surface area (Å²) in [4.78, 5) is 0. The van der Waals surface area contributed by atoms with Crippen molar-refractivity contribution in [2.75, 3.05) is 13.2 Å². The molecule has 1 saturated carbocycles. The van der Waals surface area contributed by atoms with E-state index in [0.29, 0.717) is 5.92 Å². The van der Waals surface area contributed by atoms with Gasteiger partial charge in [0.25, 0.3) is 0 Å². The number of rotatable bonds is 7. The Morgan fingerprint density at radius 2 is 2.21 bits per heavy atom. The highest BCUT2D eigenvalue weighted by atomic mass is 79.9. The second kappa shape index (κ2) is 7.27. The van der Waals surface area contributed by atoms with Crippen molar-refractivity contribution < 1.29 is 9.84 Å². The van der Waals surface area contributed by atoms with Crippen LogP contribution in [0.3, 0.4) is 0 Å². The van der Waals surface area contributed by atoms with Crippen LogP contribution < -0.4 is 10.1 Å². The van der Waals surface area contributed by atoms with Crippen LogP contribution in [0.4, 0.5) is 0 Å². The molecular formula is C15H22BrNO2. The smallest absolute Gasteiger partial charge is 0.123 e. The highest BCUT2D eigenvalue weighted by molar-refractivity contribution is 9.10. The molecular weight excluding hydrogens is 306 g/mol. The Morgan fingerprint density at radius 1 is 1.42 bits per heavy atom. The SMILES string of the molecule is CCCOc1ccc(Br)cc1CNCC1CC(O)C1. The zero-order valence-corrected chi connectivity index (χ0v) is 12.9. The van der Waals surface area contributed by atoms with Crippen molar-refractivity contribution in [1.29, 1.82) is 0 Å². The van der Waals surface area contributed by atoms with Gasteiger partial charge < -0.3 is 15.2 Å². The first kappa shape index (κ1) is 14.8. The lowest BCUT2D eigenvalue weighted by Gasteiger charge is -2.31. The normalized spacial score (nSPS) is 22.1. The Hall–Kier alpha value is -0.580. The van der Waals surface area contributed by atoms with E-state index < -0.39 is 0 Å². The predicted octanol–water partition coefficient (Wildman–Crippen LogP) is 3.10. The van der Waals surface area contributed by atoms with Gasteiger partial charge in [-0.2, -0.15) is 0 Å². The molecule has 2 rings (SSSR count). The maximum Gasteiger partial charge on any atom is 0.123 e. The number of hydrogen-bond acceptors (Lipinski definition) is 3. The molecule has 106 valence electrons. The van der Waals surface area contributed by atoms with Crippen LogP contribution in [0.25, 0.3) is 0 Å². The van der Waals surface area contributed by atoms with Gasteiger partial charge in [0.15, 0.2) is 0 Å². The number of aliphatic hydroxyl groups is 1. The molecule has 0 amide bonds. The Bertz CT molecular complexity index is 405. The molecule has 1 aromatic rings. The fourth-order valence-corrected chi connectivity index (χ4v) is 2.73. The fourth-order valence-electron chi connectivity index (χ4n) is 2.32. The Kier molecular flexibility index (Phi) is 5.67. The molecule has 0 spiro atoms. The molecule has 0 aromatic heterocycles.